The summed E-state index contributed by atoms with van der Waals surface area (Å²) in [7, 11) is 0. The van der Waals surface area contributed by atoms with Crippen molar-refractivity contribution in [3.63, 3.8) is 0 Å². The zero-order valence-electron chi connectivity index (χ0n) is 29.8. The number of rotatable bonds is 6. The Morgan fingerprint density at radius 1 is 0.418 bits per heavy atom. The predicted molar refractivity (Wildman–Crippen MR) is 229 cm³/mol. The van der Waals surface area contributed by atoms with E-state index in [1.807, 2.05) is 30.3 Å². The van der Waals surface area contributed by atoms with Crippen molar-refractivity contribution in [1.29, 1.82) is 0 Å². The third-order valence-corrected chi connectivity index (χ3v) is 10.8. The minimum atomic E-state index is 0.632. The molecule has 0 bridgehead atoms. The van der Waals surface area contributed by atoms with Crippen LogP contribution in [-0.4, -0.2) is 9.55 Å². The molecule has 0 radical (unpaired) electrons. The monoisotopic (exact) mass is 703 g/mol. The molecule has 0 aliphatic rings. The van der Waals surface area contributed by atoms with Crippen LogP contribution in [0.5, 0.6) is 0 Å². The van der Waals surface area contributed by atoms with Crippen LogP contribution in [0.2, 0.25) is 0 Å². The lowest BCUT2D eigenvalue weighted by Gasteiger charge is -2.26. The topological polar surface area (TPSA) is 34.2 Å². The highest BCUT2D eigenvalue weighted by atomic mass is 16.3. The molecular weight excluding hydrogens is 671 g/mol. The van der Waals surface area contributed by atoms with Gasteiger partial charge in [0.15, 0.2) is 5.58 Å². The van der Waals surface area contributed by atoms with E-state index in [1.54, 1.807) is 0 Å². The van der Waals surface area contributed by atoms with Crippen molar-refractivity contribution >= 4 is 71.5 Å². The Bertz CT molecular complexity index is 3200. The third-order valence-electron chi connectivity index (χ3n) is 10.8. The van der Waals surface area contributed by atoms with Crippen LogP contribution in [0.4, 0.5) is 17.1 Å². The van der Waals surface area contributed by atoms with E-state index in [4.69, 9.17) is 9.40 Å². The molecule has 0 aliphatic heterocycles. The predicted octanol–water partition coefficient (Wildman–Crippen LogP) is 14.0. The largest absolute Gasteiger partial charge is 0.435 e. The summed E-state index contributed by atoms with van der Waals surface area (Å²) in [6.07, 6.45) is 0. The summed E-state index contributed by atoms with van der Waals surface area (Å²) in [6.45, 7) is 0. The van der Waals surface area contributed by atoms with Gasteiger partial charge in [-0.2, -0.15) is 0 Å². The van der Waals surface area contributed by atoms with Crippen molar-refractivity contribution in [2.75, 3.05) is 4.90 Å². The van der Waals surface area contributed by atoms with Crippen LogP contribution in [0.3, 0.4) is 0 Å². The quantitative estimate of drug-likeness (QED) is 0.162. The molecule has 0 saturated heterocycles. The Morgan fingerprint density at radius 3 is 1.91 bits per heavy atom. The van der Waals surface area contributed by atoms with Crippen LogP contribution < -0.4 is 4.90 Å². The molecule has 0 amide bonds. The molecule has 0 fully saturated rings. The third kappa shape index (κ3) is 5.19. The molecule has 2 aromatic heterocycles. The zero-order valence-corrected chi connectivity index (χ0v) is 29.8. The van der Waals surface area contributed by atoms with Gasteiger partial charge in [0, 0.05) is 44.5 Å². The molecule has 0 saturated carbocycles. The van der Waals surface area contributed by atoms with Gasteiger partial charge in [-0.15, -0.1) is 0 Å². The number of fused-ring (bicyclic) bond motifs is 8. The Hall–Kier alpha value is -7.43. The highest BCUT2D eigenvalue weighted by Crippen LogP contribution is 2.42. The van der Waals surface area contributed by atoms with Gasteiger partial charge in [-0.3, -0.25) is 0 Å². The number of hydrogen-bond acceptors (Lipinski definition) is 3. The highest BCUT2D eigenvalue weighted by molar-refractivity contribution is 6.18. The Balaban J connectivity index is 1.07. The Labute approximate surface area is 317 Å². The smallest absolute Gasteiger partial charge is 0.227 e. The number of nitrogens with zero attached hydrogens (tertiary/aromatic N) is 3. The summed E-state index contributed by atoms with van der Waals surface area (Å²) < 4.78 is 8.91. The number of anilines is 3. The van der Waals surface area contributed by atoms with E-state index in [9.17, 15) is 0 Å². The van der Waals surface area contributed by atoms with Gasteiger partial charge in [-0.1, -0.05) is 121 Å². The minimum absolute atomic E-state index is 0.632. The summed E-state index contributed by atoms with van der Waals surface area (Å²) in [4.78, 5) is 7.25. The molecular formula is C51H33N3O. The average Bonchev–Trinajstić information content (AvgIpc) is 3.84. The molecule has 258 valence electrons. The summed E-state index contributed by atoms with van der Waals surface area (Å²) in [5.74, 6) is 0.632. The van der Waals surface area contributed by atoms with Gasteiger partial charge in [0.25, 0.3) is 0 Å². The molecule has 0 unspecified atom stereocenters. The van der Waals surface area contributed by atoms with Gasteiger partial charge in [-0.25, -0.2) is 4.98 Å². The Kier molecular flexibility index (Phi) is 7.14. The van der Waals surface area contributed by atoms with Gasteiger partial charge in [0.2, 0.25) is 5.89 Å². The fourth-order valence-corrected chi connectivity index (χ4v) is 8.21. The van der Waals surface area contributed by atoms with Crippen molar-refractivity contribution in [1.82, 2.24) is 9.55 Å². The second-order valence-electron chi connectivity index (χ2n) is 14.0. The second-order valence-corrected chi connectivity index (χ2v) is 14.0. The van der Waals surface area contributed by atoms with Crippen LogP contribution in [-0.2, 0) is 0 Å². The van der Waals surface area contributed by atoms with Gasteiger partial charge in [-0.05, 0) is 106 Å². The normalized spacial score (nSPS) is 11.6. The molecule has 4 heteroatoms. The van der Waals surface area contributed by atoms with Crippen LogP contribution >= 0.6 is 0 Å². The summed E-state index contributed by atoms with van der Waals surface area (Å²) in [5, 5.41) is 6.97. The number of benzene rings is 9. The van der Waals surface area contributed by atoms with E-state index in [2.05, 4.69) is 179 Å². The van der Waals surface area contributed by atoms with Crippen LogP contribution in [0, 0.1) is 0 Å². The standard InChI is InChI=1S/C51H33N3O/c1-4-13-36(14-5-1)51-52-46-30-27-35-25-23-34-24-26-38(32-45(34)49(35)50(46)55-51)37-15-12-20-41(31-37)53(39-16-6-2-7-17-39)42-28-29-44-43-21-10-11-22-47(43)54(48(44)33-42)40-18-8-3-9-19-40/h1-33H. The van der Waals surface area contributed by atoms with Crippen molar-refractivity contribution in [2.45, 2.75) is 0 Å². The lowest BCUT2D eigenvalue weighted by molar-refractivity contribution is 0.623. The lowest BCUT2D eigenvalue weighted by atomic mass is 9.96. The van der Waals surface area contributed by atoms with Gasteiger partial charge >= 0.3 is 0 Å². The number of aromatic nitrogens is 2. The first-order valence-corrected chi connectivity index (χ1v) is 18.6. The van der Waals surface area contributed by atoms with Crippen LogP contribution in [0.15, 0.2) is 205 Å². The molecule has 11 aromatic rings. The maximum absolute atomic E-state index is 6.54. The van der Waals surface area contributed by atoms with E-state index in [0.29, 0.717) is 5.89 Å². The number of hydrogen-bond donors (Lipinski definition) is 0. The highest BCUT2D eigenvalue weighted by Gasteiger charge is 2.19. The summed E-state index contributed by atoms with van der Waals surface area (Å²) in [5.41, 5.74) is 11.6. The molecule has 9 aromatic carbocycles. The first kappa shape index (κ1) is 31.1. The van der Waals surface area contributed by atoms with Crippen molar-refractivity contribution in [3.8, 4) is 28.3 Å². The minimum Gasteiger partial charge on any atom is -0.435 e. The Morgan fingerprint density at radius 2 is 1.05 bits per heavy atom. The second kappa shape index (κ2) is 12.6. The molecule has 2 heterocycles. The van der Waals surface area contributed by atoms with E-state index in [1.165, 1.54) is 16.3 Å². The van der Waals surface area contributed by atoms with E-state index in [0.717, 1.165) is 77.6 Å². The lowest BCUT2D eigenvalue weighted by Crippen LogP contribution is -2.10. The van der Waals surface area contributed by atoms with Crippen molar-refractivity contribution in [2.24, 2.45) is 0 Å². The van der Waals surface area contributed by atoms with E-state index in [-0.39, 0.29) is 0 Å². The number of oxazole rings is 1. The maximum Gasteiger partial charge on any atom is 0.227 e. The van der Waals surface area contributed by atoms with Gasteiger partial charge in [0.05, 0.1) is 11.0 Å². The molecule has 0 N–H and O–H groups in total. The zero-order chi connectivity index (χ0) is 36.3. The van der Waals surface area contributed by atoms with Crippen molar-refractivity contribution in [3.05, 3.63) is 200 Å². The summed E-state index contributed by atoms with van der Waals surface area (Å²) in [6, 6.07) is 71.1. The first-order valence-electron chi connectivity index (χ1n) is 18.6. The molecule has 0 atom stereocenters. The fraction of sp³-hybridized carbons (Fsp3) is 0. The van der Waals surface area contributed by atoms with E-state index < -0.39 is 0 Å². The summed E-state index contributed by atoms with van der Waals surface area (Å²) >= 11 is 0. The fourth-order valence-electron chi connectivity index (χ4n) is 8.21. The van der Waals surface area contributed by atoms with Gasteiger partial charge in [0.1, 0.15) is 5.52 Å². The number of para-hydroxylation sites is 3. The van der Waals surface area contributed by atoms with Gasteiger partial charge < -0.3 is 13.9 Å². The molecule has 4 nitrogen and oxygen atoms in total. The molecule has 11 rings (SSSR count). The molecule has 0 aliphatic carbocycles. The SMILES string of the molecule is c1ccc(-c2nc3ccc4ccc5ccc(-c6cccc(N(c7ccccc7)c7ccc8c9ccccc9n(-c9ccccc9)c8c7)c6)cc5c4c3o2)cc1. The van der Waals surface area contributed by atoms with Crippen LogP contribution in [0.1, 0.15) is 0 Å². The molecule has 55 heavy (non-hydrogen) atoms. The molecule has 0 spiro atoms. The maximum atomic E-state index is 6.54. The van der Waals surface area contributed by atoms with Crippen LogP contribution in [0.25, 0.3) is 82.7 Å². The average molecular weight is 704 g/mol. The van der Waals surface area contributed by atoms with Crippen molar-refractivity contribution < 1.29 is 4.42 Å². The van der Waals surface area contributed by atoms with E-state index >= 15 is 0 Å². The first-order chi connectivity index (χ1) is 27.3.